The van der Waals surface area contributed by atoms with E-state index in [-0.39, 0.29) is 18.1 Å². The van der Waals surface area contributed by atoms with Gasteiger partial charge in [0.15, 0.2) is 0 Å². The van der Waals surface area contributed by atoms with Crippen molar-refractivity contribution >= 4 is 34.2 Å². The summed E-state index contributed by atoms with van der Waals surface area (Å²) < 4.78 is 1.12. The first kappa shape index (κ1) is 12.9. The number of amides is 1. The Labute approximate surface area is 119 Å². The fourth-order valence-electron chi connectivity index (χ4n) is 1.59. The van der Waals surface area contributed by atoms with E-state index >= 15 is 0 Å². The van der Waals surface area contributed by atoms with E-state index < -0.39 is 0 Å². The normalized spacial score (nSPS) is 10.1. The van der Waals surface area contributed by atoms with Gasteiger partial charge in [-0.3, -0.25) is 4.79 Å². The lowest BCUT2D eigenvalue weighted by Gasteiger charge is -2.05. The lowest BCUT2D eigenvalue weighted by molar-refractivity contribution is -0.115. The molecular formula is C14H12INO2. The number of aromatic hydroxyl groups is 1. The summed E-state index contributed by atoms with van der Waals surface area (Å²) >= 11 is 2.21. The molecule has 0 aliphatic carbocycles. The number of carbonyl (C=O) groups is 1. The Morgan fingerprint density at radius 1 is 1.17 bits per heavy atom. The summed E-state index contributed by atoms with van der Waals surface area (Å²) in [5, 5.41) is 12.1. The van der Waals surface area contributed by atoms with Crippen molar-refractivity contribution in [1.29, 1.82) is 0 Å². The molecule has 0 spiro atoms. The number of hydrogen-bond donors (Lipinski definition) is 2. The van der Waals surface area contributed by atoms with Crippen molar-refractivity contribution in [2.24, 2.45) is 0 Å². The molecule has 4 heteroatoms. The number of rotatable bonds is 3. The lowest BCUT2D eigenvalue weighted by atomic mass is 10.1. The predicted octanol–water partition coefficient (Wildman–Crippen LogP) is 3.18. The minimum absolute atomic E-state index is 0.0955. The van der Waals surface area contributed by atoms with E-state index in [0.29, 0.717) is 0 Å². The molecule has 2 aromatic carbocycles. The van der Waals surface area contributed by atoms with Crippen molar-refractivity contribution in [3.63, 3.8) is 0 Å². The lowest BCUT2D eigenvalue weighted by Crippen LogP contribution is -2.14. The Hall–Kier alpha value is -1.56. The number of nitrogens with one attached hydrogen (secondary N) is 1. The summed E-state index contributed by atoms with van der Waals surface area (Å²) in [6.07, 6.45) is 0.250. The number of anilines is 1. The molecule has 1 amide bonds. The average molecular weight is 353 g/mol. The molecule has 0 radical (unpaired) electrons. The van der Waals surface area contributed by atoms with Gasteiger partial charge in [0.1, 0.15) is 5.75 Å². The summed E-state index contributed by atoms with van der Waals surface area (Å²) in [6, 6.07) is 14.3. The van der Waals surface area contributed by atoms with Crippen molar-refractivity contribution in [2.45, 2.75) is 6.42 Å². The molecule has 0 aliphatic heterocycles. The highest BCUT2D eigenvalue weighted by atomic mass is 127. The summed E-state index contributed by atoms with van der Waals surface area (Å²) in [4.78, 5) is 11.8. The van der Waals surface area contributed by atoms with Gasteiger partial charge in [-0.15, -0.1) is 0 Å². The van der Waals surface area contributed by atoms with Crippen molar-refractivity contribution in [2.75, 3.05) is 5.32 Å². The molecule has 0 saturated carbocycles. The van der Waals surface area contributed by atoms with Gasteiger partial charge < -0.3 is 10.4 Å². The molecule has 2 N–H and O–H groups in total. The van der Waals surface area contributed by atoms with Crippen molar-refractivity contribution in [3.8, 4) is 5.75 Å². The second-order valence-electron chi connectivity index (χ2n) is 3.90. The van der Waals surface area contributed by atoms with E-state index in [1.165, 1.54) is 0 Å². The Morgan fingerprint density at radius 2 is 1.89 bits per heavy atom. The van der Waals surface area contributed by atoms with Crippen LogP contribution in [0.3, 0.4) is 0 Å². The number of carbonyl (C=O) groups excluding carboxylic acids is 1. The van der Waals surface area contributed by atoms with E-state index in [9.17, 15) is 9.90 Å². The smallest absolute Gasteiger partial charge is 0.228 e. The third kappa shape index (κ3) is 3.73. The van der Waals surface area contributed by atoms with Gasteiger partial charge in [0.2, 0.25) is 5.91 Å². The second-order valence-corrected chi connectivity index (χ2v) is 5.15. The number of phenols is 1. The van der Waals surface area contributed by atoms with E-state index in [2.05, 4.69) is 27.9 Å². The summed E-state index contributed by atoms with van der Waals surface area (Å²) in [5.41, 5.74) is 1.57. The van der Waals surface area contributed by atoms with Crippen LogP contribution in [0.1, 0.15) is 5.56 Å². The fourth-order valence-corrected chi connectivity index (χ4v) is 1.95. The molecule has 0 unspecified atom stereocenters. The molecule has 0 aromatic heterocycles. The maximum absolute atomic E-state index is 11.8. The van der Waals surface area contributed by atoms with Crippen LogP contribution >= 0.6 is 22.6 Å². The van der Waals surface area contributed by atoms with Crippen LogP contribution in [0.25, 0.3) is 0 Å². The first-order valence-electron chi connectivity index (χ1n) is 5.47. The maximum atomic E-state index is 11.8. The van der Waals surface area contributed by atoms with Gasteiger partial charge in [-0.2, -0.15) is 0 Å². The minimum Gasteiger partial charge on any atom is -0.508 e. The van der Waals surface area contributed by atoms with Gasteiger partial charge in [0.25, 0.3) is 0 Å². The van der Waals surface area contributed by atoms with E-state index in [1.54, 1.807) is 18.2 Å². The highest BCUT2D eigenvalue weighted by Crippen LogP contribution is 2.14. The highest BCUT2D eigenvalue weighted by molar-refractivity contribution is 14.1. The van der Waals surface area contributed by atoms with Crippen LogP contribution in [-0.2, 0) is 11.2 Å². The van der Waals surface area contributed by atoms with Crippen LogP contribution in [0.4, 0.5) is 5.69 Å². The Morgan fingerprint density at radius 3 is 2.56 bits per heavy atom. The monoisotopic (exact) mass is 353 g/mol. The molecule has 0 bridgehead atoms. The van der Waals surface area contributed by atoms with Crippen LogP contribution < -0.4 is 5.32 Å². The SMILES string of the molecule is O=C(Cc1cccc(O)c1)Nc1ccc(I)cc1. The van der Waals surface area contributed by atoms with E-state index in [4.69, 9.17) is 0 Å². The van der Waals surface area contributed by atoms with Gasteiger partial charge in [-0.05, 0) is 64.6 Å². The predicted molar refractivity (Wildman–Crippen MR) is 79.6 cm³/mol. The molecule has 2 rings (SSSR count). The molecule has 0 heterocycles. The summed E-state index contributed by atoms with van der Waals surface area (Å²) in [6.45, 7) is 0. The quantitative estimate of drug-likeness (QED) is 0.833. The molecule has 92 valence electrons. The molecule has 18 heavy (non-hydrogen) atoms. The van der Waals surface area contributed by atoms with Crippen molar-refractivity contribution < 1.29 is 9.90 Å². The number of benzene rings is 2. The standard InChI is InChI=1S/C14H12INO2/c15-11-4-6-12(7-5-11)16-14(18)9-10-2-1-3-13(17)8-10/h1-8,17H,9H2,(H,16,18). The van der Waals surface area contributed by atoms with Crippen LogP contribution in [0, 0.1) is 3.57 Å². The Balaban J connectivity index is 1.98. The highest BCUT2D eigenvalue weighted by Gasteiger charge is 2.04. The zero-order chi connectivity index (χ0) is 13.0. The topological polar surface area (TPSA) is 49.3 Å². The maximum Gasteiger partial charge on any atom is 0.228 e. The van der Waals surface area contributed by atoms with Crippen LogP contribution in [-0.4, -0.2) is 11.0 Å². The zero-order valence-corrected chi connectivity index (χ0v) is 11.7. The molecule has 0 saturated heterocycles. The Kier molecular flexibility index (Phi) is 4.19. The van der Waals surface area contributed by atoms with Crippen molar-refractivity contribution in [3.05, 3.63) is 57.7 Å². The van der Waals surface area contributed by atoms with Gasteiger partial charge >= 0.3 is 0 Å². The molecule has 0 atom stereocenters. The summed E-state index contributed by atoms with van der Waals surface area (Å²) in [5.74, 6) is 0.0800. The number of halogens is 1. The second kappa shape index (κ2) is 5.86. The first-order chi connectivity index (χ1) is 8.63. The third-order valence-corrected chi connectivity index (χ3v) is 3.12. The van der Waals surface area contributed by atoms with Gasteiger partial charge in [-0.1, -0.05) is 12.1 Å². The molecular weight excluding hydrogens is 341 g/mol. The Bertz CT molecular complexity index is 552. The van der Waals surface area contributed by atoms with E-state index in [0.717, 1.165) is 14.8 Å². The van der Waals surface area contributed by atoms with Gasteiger partial charge in [-0.25, -0.2) is 0 Å². The molecule has 3 nitrogen and oxygen atoms in total. The zero-order valence-electron chi connectivity index (χ0n) is 9.56. The number of hydrogen-bond acceptors (Lipinski definition) is 2. The fraction of sp³-hybridized carbons (Fsp3) is 0.0714. The largest absolute Gasteiger partial charge is 0.508 e. The van der Waals surface area contributed by atoms with Gasteiger partial charge in [0, 0.05) is 9.26 Å². The van der Waals surface area contributed by atoms with Crippen LogP contribution in [0.15, 0.2) is 48.5 Å². The van der Waals surface area contributed by atoms with Crippen LogP contribution in [0.2, 0.25) is 0 Å². The van der Waals surface area contributed by atoms with Crippen molar-refractivity contribution in [1.82, 2.24) is 0 Å². The van der Waals surface area contributed by atoms with Gasteiger partial charge in [0.05, 0.1) is 6.42 Å². The summed E-state index contributed by atoms with van der Waals surface area (Å²) in [7, 11) is 0. The van der Waals surface area contributed by atoms with E-state index in [1.807, 2.05) is 30.3 Å². The molecule has 0 aliphatic rings. The van der Waals surface area contributed by atoms with Crippen LogP contribution in [0.5, 0.6) is 5.75 Å². The number of phenolic OH excluding ortho intramolecular Hbond substituents is 1. The average Bonchev–Trinajstić information content (AvgIpc) is 2.32. The molecule has 2 aromatic rings. The third-order valence-electron chi connectivity index (χ3n) is 2.40. The minimum atomic E-state index is -0.0955. The first-order valence-corrected chi connectivity index (χ1v) is 6.55. The molecule has 0 fully saturated rings.